The summed E-state index contributed by atoms with van der Waals surface area (Å²) in [6.07, 6.45) is 5.61. The van der Waals surface area contributed by atoms with E-state index in [4.69, 9.17) is 9.47 Å². The lowest BCUT2D eigenvalue weighted by atomic mass is 9.82. The molecule has 186 valence electrons. The summed E-state index contributed by atoms with van der Waals surface area (Å²) in [6, 6.07) is 8.11. The summed E-state index contributed by atoms with van der Waals surface area (Å²) in [7, 11) is 0. The zero-order valence-electron chi connectivity index (χ0n) is 20.7. The maximum Gasteiger partial charge on any atom is 0.236 e. The second-order valence-electron chi connectivity index (χ2n) is 10.2. The van der Waals surface area contributed by atoms with Crippen LogP contribution >= 0.6 is 0 Å². The molecule has 0 aliphatic carbocycles. The molecule has 4 rings (SSSR count). The van der Waals surface area contributed by atoms with E-state index >= 15 is 0 Å². The molecule has 2 bridgehead atoms. The number of nitrogens with zero attached hydrogens (tertiary/aromatic N) is 3. The number of para-hydroxylation sites is 1. The number of piperidine rings is 1. The Kier molecular flexibility index (Phi) is 8.62. The molecule has 1 aromatic rings. The number of carbonyl (C=O) groups is 2. The zero-order valence-corrected chi connectivity index (χ0v) is 20.7. The molecule has 2 atom stereocenters. The minimum atomic E-state index is 0.154. The molecule has 0 N–H and O–H groups in total. The molecule has 3 heterocycles. The van der Waals surface area contributed by atoms with Gasteiger partial charge in [-0.15, -0.1) is 0 Å². The molecule has 2 saturated heterocycles. The van der Waals surface area contributed by atoms with Crippen molar-refractivity contribution in [1.82, 2.24) is 14.7 Å². The third-order valence-electron chi connectivity index (χ3n) is 7.03. The Hall–Kier alpha value is -2.38. The highest BCUT2D eigenvalue weighted by Crippen LogP contribution is 2.30. The second kappa shape index (κ2) is 11.8. The van der Waals surface area contributed by atoms with Crippen LogP contribution in [0.25, 0.3) is 0 Å². The molecule has 7 nitrogen and oxygen atoms in total. The molecule has 0 spiro atoms. The standard InChI is InChI=1S/C27H39N3O4/c1-21(2)17-28-18-24-6-3-4-8-25(24)34-13-5-7-23-19-30(27(32)20-28)10-9-22(23)16-26(31)29-11-14-33-15-12-29/h3-8,21-23H,9-20H2,1-2H3/t22-,23-/m0/s1. The molecule has 3 aliphatic heterocycles. The Morgan fingerprint density at radius 2 is 1.91 bits per heavy atom. The number of ether oxygens (including phenoxy) is 2. The fraction of sp³-hybridized carbons (Fsp3) is 0.630. The van der Waals surface area contributed by atoms with E-state index in [1.54, 1.807) is 0 Å². The van der Waals surface area contributed by atoms with E-state index in [9.17, 15) is 9.59 Å². The summed E-state index contributed by atoms with van der Waals surface area (Å²) in [5.41, 5.74) is 1.11. The topological polar surface area (TPSA) is 62.3 Å². The Morgan fingerprint density at radius 1 is 1.12 bits per heavy atom. The number of amides is 2. The van der Waals surface area contributed by atoms with E-state index in [0.717, 1.165) is 24.3 Å². The summed E-state index contributed by atoms with van der Waals surface area (Å²) in [6.45, 7) is 10.8. The molecule has 1 aromatic carbocycles. The van der Waals surface area contributed by atoms with Crippen molar-refractivity contribution in [2.75, 3.05) is 59.1 Å². The number of fused-ring (bicyclic) bond motifs is 3. The van der Waals surface area contributed by atoms with Gasteiger partial charge in [0.15, 0.2) is 0 Å². The zero-order chi connectivity index (χ0) is 23.9. The average molecular weight is 470 g/mol. The number of benzene rings is 1. The van der Waals surface area contributed by atoms with Crippen molar-refractivity contribution in [3.63, 3.8) is 0 Å². The highest BCUT2D eigenvalue weighted by Gasteiger charge is 2.33. The first kappa shape index (κ1) is 24.7. The third kappa shape index (κ3) is 6.60. The van der Waals surface area contributed by atoms with Gasteiger partial charge in [0.05, 0.1) is 19.8 Å². The van der Waals surface area contributed by atoms with Crippen molar-refractivity contribution in [3.8, 4) is 5.75 Å². The van der Waals surface area contributed by atoms with E-state index in [0.29, 0.717) is 71.4 Å². The van der Waals surface area contributed by atoms with E-state index < -0.39 is 0 Å². The number of hydrogen-bond acceptors (Lipinski definition) is 5. The Balaban J connectivity index is 1.51. The minimum absolute atomic E-state index is 0.154. The van der Waals surface area contributed by atoms with Crippen LogP contribution in [0.15, 0.2) is 36.4 Å². The first-order valence-electron chi connectivity index (χ1n) is 12.7. The maximum atomic E-state index is 13.3. The summed E-state index contributed by atoms with van der Waals surface area (Å²) in [5.74, 6) is 2.10. The van der Waals surface area contributed by atoms with Crippen molar-refractivity contribution >= 4 is 11.8 Å². The number of hydrogen-bond donors (Lipinski definition) is 0. The van der Waals surface area contributed by atoms with Gasteiger partial charge in [-0.3, -0.25) is 14.5 Å². The van der Waals surface area contributed by atoms with Gasteiger partial charge in [-0.25, -0.2) is 0 Å². The van der Waals surface area contributed by atoms with Crippen LogP contribution in [0.1, 0.15) is 32.3 Å². The summed E-state index contributed by atoms with van der Waals surface area (Å²) in [4.78, 5) is 32.4. The van der Waals surface area contributed by atoms with E-state index in [2.05, 4.69) is 37.0 Å². The first-order valence-corrected chi connectivity index (χ1v) is 12.7. The molecular formula is C27H39N3O4. The van der Waals surface area contributed by atoms with Crippen molar-refractivity contribution < 1.29 is 19.1 Å². The molecule has 3 aliphatic rings. The lowest BCUT2D eigenvalue weighted by Crippen LogP contribution is -2.49. The third-order valence-corrected chi connectivity index (χ3v) is 7.03. The first-order chi connectivity index (χ1) is 16.5. The van der Waals surface area contributed by atoms with E-state index in [1.807, 2.05) is 28.0 Å². The summed E-state index contributed by atoms with van der Waals surface area (Å²) >= 11 is 0. The van der Waals surface area contributed by atoms with Gasteiger partial charge >= 0.3 is 0 Å². The van der Waals surface area contributed by atoms with Crippen LogP contribution in [0.4, 0.5) is 0 Å². The van der Waals surface area contributed by atoms with Gasteiger partial charge in [-0.05, 0) is 30.2 Å². The molecule has 34 heavy (non-hydrogen) atoms. The van der Waals surface area contributed by atoms with Gasteiger partial charge < -0.3 is 19.3 Å². The highest BCUT2D eigenvalue weighted by molar-refractivity contribution is 5.79. The monoisotopic (exact) mass is 469 g/mol. The van der Waals surface area contributed by atoms with E-state index in [-0.39, 0.29) is 23.7 Å². The van der Waals surface area contributed by atoms with Gasteiger partial charge in [-0.1, -0.05) is 44.2 Å². The van der Waals surface area contributed by atoms with E-state index in [1.165, 1.54) is 0 Å². The highest BCUT2D eigenvalue weighted by atomic mass is 16.5. The molecule has 2 amide bonds. The normalized spacial score (nSPS) is 24.6. The number of carbonyl (C=O) groups excluding carboxylic acids is 2. The van der Waals surface area contributed by atoms with Crippen LogP contribution in [-0.4, -0.2) is 85.6 Å². The van der Waals surface area contributed by atoms with Crippen molar-refractivity contribution in [2.45, 2.75) is 33.2 Å². The minimum Gasteiger partial charge on any atom is -0.489 e. The van der Waals surface area contributed by atoms with Crippen molar-refractivity contribution in [1.29, 1.82) is 0 Å². The van der Waals surface area contributed by atoms with Crippen LogP contribution in [0.2, 0.25) is 0 Å². The Labute approximate surface area is 203 Å². The van der Waals surface area contributed by atoms with Crippen LogP contribution in [0.5, 0.6) is 5.75 Å². The summed E-state index contributed by atoms with van der Waals surface area (Å²) in [5, 5.41) is 0. The molecule has 0 saturated carbocycles. The van der Waals surface area contributed by atoms with Crippen LogP contribution in [-0.2, 0) is 20.9 Å². The Morgan fingerprint density at radius 3 is 2.71 bits per heavy atom. The SMILES string of the molecule is CC(C)CN1CC(=O)N2CC[C@@H](CC(=O)N3CCOCC3)[C@@H](C=CCOc3ccccc3C1)C2. The largest absolute Gasteiger partial charge is 0.489 e. The fourth-order valence-corrected chi connectivity index (χ4v) is 5.27. The van der Waals surface area contributed by atoms with Gasteiger partial charge in [0.1, 0.15) is 12.4 Å². The fourth-order valence-electron chi connectivity index (χ4n) is 5.27. The number of rotatable bonds is 4. The maximum absolute atomic E-state index is 13.3. The lowest BCUT2D eigenvalue weighted by molar-refractivity contribution is -0.138. The van der Waals surface area contributed by atoms with Crippen molar-refractivity contribution in [3.05, 3.63) is 42.0 Å². The molecule has 0 aromatic heterocycles. The molecular weight excluding hydrogens is 430 g/mol. The van der Waals surface area contributed by atoms with Gasteiger partial charge in [-0.2, -0.15) is 0 Å². The second-order valence-corrected chi connectivity index (χ2v) is 10.2. The molecule has 7 heteroatoms. The predicted molar refractivity (Wildman–Crippen MR) is 131 cm³/mol. The number of morpholine rings is 1. The molecule has 2 fully saturated rings. The van der Waals surface area contributed by atoms with Gasteiger partial charge in [0, 0.05) is 51.3 Å². The Bertz CT molecular complexity index is 865. The summed E-state index contributed by atoms with van der Waals surface area (Å²) < 4.78 is 11.5. The van der Waals surface area contributed by atoms with Gasteiger partial charge in [0.2, 0.25) is 11.8 Å². The van der Waals surface area contributed by atoms with Crippen LogP contribution in [0, 0.1) is 17.8 Å². The molecule has 0 unspecified atom stereocenters. The quantitative estimate of drug-likeness (QED) is 0.635. The molecule has 0 radical (unpaired) electrons. The van der Waals surface area contributed by atoms with Gasteiger partial charge in [0.25, 0.3) is 0 Å². The predicted octanol–water partition coefficient (Wildman–Crippen LogP) is 2.81. The smallest absolute Gasteiger partial charge is 0.236 e. The average Bonchev–Trinajstić information content (AvgIpc) is 2.83. The lowest BCUT2D eigenvalue weighted by Gasteiger charge is -2.39. The van der Waals surface area contributed by atoms with Crippen molar-refractivity contribution in [2.24, 2.45) is 17.8 Å². The van der Waals surface area contributed by atoms with Crippen LogP contribution < -0.4 is 4.74 Å². The van der Waals surface area contributed by atoms with Crippen LogP contribution in [0.3, 0.4) is 0 Å².